The molecule has 2 nitrogen and oxygen atoms in total. The molecule has 0 atom stereocenters. The van der Waals surface area contributed by atoms with E-state index < -0.39 is 33.1 Å². The van der Waals surface area contributed by atoms with Crippen LogP contribution in [0.3, 0.4) is 0 Å². The van der Waals surface area contributed by atoms with Gasteiger partial charge in [-0.2, -0.15) is 10.5 Å². The minimum atomic E-state index is -0.955. The quantitative estimate of drug-likeness (QED) is 0.333. The van der Waals surface area contributed by atoms with Gasteiger partial charge in [0.15, 0.2) is 0 Å². The van der Waals surface area contributed by atoms with Crippen molar-refractivity contribution in [2.45, 2.75) is 9.79 Å². The lowest BCUT2D eigenvalue weighted by molar-refractivity contribution is 0.539. The van der Waals surface area contributed by atoms with Crippen LogP contribution in [-0.4, -0.2) is 0 Å². The van der Waals surface area contributed by atoms with Crippen molar-refractivity contribution < 1.29 is 17.6 Å². The Balaban J connectivity index is 2.38. The van der Waals surface area contributed by atoms with Crippen LogP contribution in [0, 0.1) is 56.4 Å². The second kappa shape index (κ2) is 7.79. The molecule has 0 aromatic heterocycles. The topological polar surface area (TPSA) is 47.6 Å². The van der Waals surface area contributed by atoms with Crippen LogP contribution < -0.4 is 0 Å². The number of hydrogen-bond donors (Lipinski definition) is 0. The molecular weight excluding hydrogens is 360 g/mol. The first-order valence-corrected chi connectivity index (χ1v) is 7.71. The van der Waals surface area contributed by atoms with Gasteiger partial charge in [0.05, 0.1) is 9.79 Å². The van der Waals surface area contributed by atoms with Crippen molar-refractivity contribution in [1.29, 1.82) is 10.5 Å². The monoisotopic (exact) mass is 364 g/mol. The molecular formula is C16H4F4N2S2. The van der Waals surface area contributed by atoms with Crippen LogP contribution in [0.4, 0.5) is 17.6 Å². The summed E-state index contributed by atoms with van der Waals surface area (Å²) in [6.45, 7) is 0. The lowest BCUT2D eigenvalue weighted by Gasteiger charge is -2.01. The Bertz CT molecular complexity index is 828. The molecule has 0 aliphatic rings. The Morgan fingerprint density at radius 2 is 0.917 bits per heavy atom. The maximum atomic E-state index is 13.7. The van der Waals surface area contributed by atoms with E-state index in [0.29, 0.717) is 23.5 Å². The molecule has 0 fully saturated rings. The number of nitrogens with zero attached hydrogens (tertiary/aromatic N) is 2. The third-order valence-electron chi connectivity index (χ3n) is 2.64. The van der Waals surface area contributed by atoms with E-state index in [2.05, 4.69) is 11.8 Å². The molecule has 0 heterocycles. The first-order chi connectivity index (χ1) is 11.5. The molecule has 0 saturated carbocycles. The third-order valence-corrected chi connectivity index (χ3v) is 4.01. The number of nitriles is 2. The summed E-state index contributed by atoms with van der Waals surface area (Å²) in [5.41, 5.74) is -0.104. The van der Waals surface area contributed by atoms with E-state index in [0.717, 1.165) is 24.3 Å². The first-order valence-electron chi connectivity index (χ1n) is 6.08. The molecule has 0 aliphatic heterocycles. The van der Waals surface area contributed by atoms with Gasteiger partial charge in [-0.1, -0.05) is 11.8 Å². The maximum Gasteiger partial charge on any atom is 0.142 e. The SMILES string of the molecule is N#CSc1c(F)cc(C#Cc2cc(F)c(SC#N)c(F)c2)cc1F. The Labute approximate surface area is 143 Å². The lowest BCUT2D eigenvalue weighted by Crippen LogP contribution is -1.91. The van der Waals surface area contributed by atoms with Gasteiger partial charge in [-0.15, -0.1) is 0 Å². The van der Waals surface area contributed by atoms with Crippen LogP contribution in [0.25, 0.3) is 0 Å². The predicted molar refractivity (Wildman–Crippen MR) is 81.6 cm³/mol. The van der Waals surface area contributed by atoms with E-state index in [9.17, 15) is 17.6 Å². The zero-order valence-electron chi connectivity index (χ0n) is 11.5. The number of rotatable bonds is 2. The standard InChI is InChI=1S/C16H4F4N2S2/c17-11-3-9(4-12(18)15(11)23-7-21)1-2-10-5-13(19)16(24-8-22)14(20)6-10/h3-6H. The van der Waals surface area contributed by atoms with E-state index in [1.165, 1.54) is 0 Å². The Kier molecular flexibility index (Phi) is 5.76. The maximum absolute atomic E-state index is 13.7. The van der Waals surface area contributed by atoms with Crippen LogP contribution in [0.2, 0.25) is 0 Å². The van der Waals surface area contributed by atoms with Gasteiger partial charge in [0.1, 0.15) is 34.1 Å². The molecule has 8 heteroatoms. The van der Waals surface area contributed by atoms with E-state index in [-0.39, 0.29) is 11.1 Å². The van der Waals surface area contributed by atoms with E-state index in [4.69, 9.17) is 10.5 Å². The minimum Gasteiger partial charge on any atom is -0.206 e. The van der Waals surface area contributed by atoms with Gasteiger partial charge < -0.3 is 0 Å². The predicted octanol–water partition coefficient (Wildman–Crippen LogP) is 4.79. The average molecular weight is 364 g/mol. The van der Waals surface area contributed by atoms with Crippen LogP contribution in [0.5, 0.6) is 0 Å². The number of benzene rings is 2. The second-order valence-corrected chi connectivity index (χ2v) is 5.76. The molecule has 2 aromatic carbocycles. The molecule has 0 N–H and O–H groups in total. The summed E-state index contributed by atoms with van der Waals surface area (Å²) in [6, 6.07) is 3.68. The Hall–Kier alpha value is -2.60. The van der Waals surface area contributed by atoms with E-state index >= 15 is 0 Å². The number of halogens is 4. The summed E-state index contributed by atoms with van der Waals surface area (Å²) in [5, 5.41) is 20.0. The van der Waals surface area contributed by atoms with E-state index in [1.807, 2.05) is 0 Å². The molecule has 118 valence electrons. The summed E-state index contributed by atoms with van der Waals surface area (Å²) in [7, 11) is 0. The van der Waals surface area contributed by atoms with Crippen molar-refractivity contribution in [3.63, 3.8) is 0 Å². The van der Waals surface area contributed by atoms with E-state index in [1.54, 1.807) is 10.8 Å². The molecule has 24 heavy (non-hydrogen) atoms. The van der Waals surface area contributed by atoms with Crippen molar-refractivity contribution in [3.8, 4) is 22.6 Å². The summed E-state index contributed by atoms with van der Waals surface area (Å²) in [4.78, 5) is -0.893. The first kappa shape index (κ1) is 17.7. The van der Waals surface area contributed by atoms with Crippen molar-refractivity contribution in [1.82, 2.24) is 0 Å². The molecule has 0 radical (unpaired) electrons. The normalized spacial score (nSPS) is 9.58. The fraction of sp³-hybridized carbons (Fsp3) is 0. The number of hydrogen-bond acceptors (Lipinski definition) is 4. The highest BCUT2D eigenvalue weighted by molar-refractivity contribution is 8.04. The largest absolute Gasteiger partial charge is 0.206 e. The Morgan fingerprint density at radius 1 is 0.625 bits per heavy atom. The van der Waals surface area contributed by atoms with Crippen molar-refractivity contribution >= 4 is 23.5 Å². The van der Waals surface area contributed by atoms with Gasteiger partial charge in [-0.05, 0) is 47.8 Å². The number of thioether (sulfide) groups is 2. The van der Waals surface area contributed by atoms with Gasteiger partial charge in [0.25, 0.3) is 0 Å². The minimum absolute atomic E-state index is 0.0522. The van der Waals surface area contributed by atoms with Gasteiger partial charge >= 0.3 is 0 Å². The molecule has 0 amide bonds. The van der Waals surface area contributed by atoms with Crippen LogP contribution in [0.1, 0.15) is 11.1 Å². The smallest absolute Gasteiger partial charge is 0.142 e. The van der Waals surface area contributed by atoms with Crippen molar-refractivity contribution in [2.75, 3.05) is 0 Å². The number of thiocyanates is 2. The average Bonchev–Trinajstić information content (AvgIpc) is 2.52. The highest BCUT2D eigenvalue weighted by Crippen LogP contribution is 2.26. The highest BCUT2D eigenvalue weighted by Gasteiger charge is 2.12. The molecule has 2 rings (SSSR count). The summed E-state index contributed by atoms with van der Waals surface area (Å²) in [6.07, 6.45) is 0. The Morgan fingerprint density at radius 3 is 1.17 bits per heavy atom. The van der Waals surface area contributed by atoms with Crippen LogP contribution in [0.15, 0.2) is 34.1 Å². The second-order valence-electron chi connectivity index (χ2n) is 4.17. The van der Waals surface area contributed by atoms with Crippen molar-refractivity contribution in [2.24, 2.45) is 0 Å². The van der Waals surface area contributed by atoms with Gasteiger partial charge in [0, 0.05) is 11.1 Å². The molecule has 0 saturated heterocycles. The summed E-state index contributed by atoms with van der Waals surface area (Å²) in [5.74, 6) is 0.962. The van der Waals surface area contributed by atoms with Gasteiger partial charge in [-0.25, -0.2) is 17.6 Å². The van der Waals surface area contributed by atoms with Gasteiger partial charge in [0.2, 0.25) is 0 Å². The fourth-order valence-electron chi connectivity index (χ4n) is 1.69. The van der Waals surface area contributed by atoms with Crippen LogP contribution >= 0.6 is 23.5 Å². The fourth-order valence-corrected chi connectivity index (χ4v) is 2.50. The highest BCUT2D eigenvalue weighted by atomic mass is 32.2. The zero-order chi connectivity index (χ0) is 17.7. The lowest BCUT2D eigenvalue weighted by atomic mass is 10.1. The molecule has 0 unspecified atom stereocenters. The van der Waals surface area contributed by atoms with Crippen LogP contribution in [-0.2, 0) is 0 Å². The molecule has 0 aliphatic carbocycles. The zero-order valence-corrected chi connectivity index (χ0v) is 13.2. The van der Waals surface area contributed by atoms with Gasteiger partial charge in [-0.3, -0.25) is 0 Å². The summed E-state index contributed by atoms with van der Waals surface area (Å²) >= 11 is 0.683. The van der Waals surface area contributed by atoms with Crippen molar-refractivity contribution in [3.05, 3.63) is 58.7 Å². The molecule has 2 aromatic rings. The summed E-state index contributed by atoms with van der Waals surface area (Å²) < 4.78 is 54.6. The molecule has 0 spiro atoms. The third kappa shape index (κ3) is 4.02. The molecule has 0 bridgehead atoms.